The predicted octanol–water partition coefficient (Wildman–Crippen LogP) is 0.504. The number of hydrogen-bond donors (Lipinski definition) is 2. The number of carbonyl (C=O) groups is 1. The summed E-state index contributed by atoms with van der Waals surface area (Å²) in [4.78, 5) is 21.2. The number of ether oxygens (including phenoxy) is 2. The number of rotatable bonds is 7. The first kappa shape index (κ1) is 26.1. The highest BCUT2D eigenvalue weighted by atomic mass is 16.5. The van der Waals surface area contributed by atoms with E-state index in [4.69, 9.17) is 20.3 Å². The molecule has 3 aliphatic heterocycles. The molecule has 3 unspecified atom stereocenters. The number of amides is 1. The molecular formula is C26H37N7O3. The van der Waals surface area contributed by atoms with Crippen LogP contribution in [0.25, 0.3) is 0 Å². The number of amidine groups is 1. The lowest BCUT2D eigenvalue weighted by atomic mass is 9.96. The van der Waals surface area contributed by atoms with Crippen molar-refractivity contribution in [2.45, 2.75) is 44.6 Å². The fourth-order valence-electron chi connectivity index (χ4n) is 4.39. The van der Waals surface area contributed by atoms with Gasteiger partial charge in [0, 0.05) is 50.9 Å². The highest BCUT2D eigenvalue weighted by Gasteiger charge is 2.45. The molecule has 10 heteroatoms. The Bertz CT molecular complexity index is 1060. The van der Waals surface area contributed by atoms with E-state index in [1.807, 2.05) is 35.2 Å². The molecule has 1 amide bonds. The molecule has 10 nitrogen and oxygen atoms in total. The molecule has 36 heavy (non-hydrogen) atoms. The molecule has 0 bridgehead atoms. The summed E-state index contributed by atoms with van der Waals surface area (Å²) in [6, 6.07) is 0.490. The number of hydrazone groups is 1. The van der Waals surface area contributed by atoms with Gasteiger partial charge in [0.25, 0.3) is 0 Å². The molecule has 0 radical (unpaired) electrons. The Morgan fingerprint density at radius 1 is 1.36 bits per heavy atom. The third-order valence-electron chi connectivity index (χ3n) is 6.98. The first-order valence-corrected chi connectivity index (χ1v) is 12.4. The SMILES string of the molecule is COC1=CC(OC)CC(C#CC2=NN(C3CN(C(=O)/C=C/CN(C)C(C)C)C3)C3=NCNC(N)C23)=C1. The van der Waals surface area contributed by atoms with Gasteiger partial charge < -0.3 is 25.0 Å². The Kier molecular flexibility index (Phi) is 8.26. The van der Waals surface area contributed by atoms with Crippen molar-refractivity contribution < 1.29 is 14.3 Å². The lowest BCUT2D eigenvalue weighted by Crippen LogP contribution is -2.62. The Morgan fingerprint density at radius 3 is 2.83 bits per heavy atom. The van der Waals surface area contributed by atoms with Crippen molar-refractivity contribution in [3.63, 3.8) is 0 Å². The van der Waals surface area contributed by atoms with Gasteiger partial charge in [-0.15, -0.1) is 0 Å². The number of nitrogens with one attached hydrogen (secondary N) is 1. The van der Waals surface area contributed by atoms with Gasteiger partial charge in [0.2, 0.25) is 5.91 Å². The zero-order valence-corrected chi connectivity index (χ0v) is 21.8. The zero-order chi connectivity index (χ0) is 25.8. The molecule has 1 fully saturated rings. The second-order valence-corrected chi connectivity index (χ2v) is 9.72. The quantitative estimate of drug-likeness (QED) is 0.391. The van der Waals surface area contributed by atoms with E-state index in [9.17, 15) is 4.79 Å². The zero-order valence-electron chi connectivity index (χ0n) is 21.8. The summed E-state index contributed by atoms with van der Waals surface area (Å²) in [5.41, 5.74) is 7.98. The predicted molar refractivity (Wildman–Crippen MR) is 140 cm³/mol. The smallest absolute Gasteiger partial charge is 0.246 e. The van der Waals surface area contributed by atoms with Gasteiger partial charge in [-0.1, -0.05) is 12.0 Å². The van der Waals surface area contributed by atoms with Crippen LogP contribution < -0.4 is 11.1 Å². The third-order valence-corrected chi connectivity index (χ3v) is 6.98. The molecule has 194 valence electrons. The topological polar surface area (TPSA) is 108 Å². The molecule has 3 N–H and O–H groups in total. The number of fused-ring (bicyclic) bond motifs is 1. The fraction of sp³-hybridized carbons (Fsp3) is 0.577. The summed E-state index contributed by atoms with van der Waals surface area (Å²) in [5, 5.41) is 9.93. The van der Waals surface area contributed by atoms with Gasteiger partial charge in [0.05, 0.1) is 38.0 Å². The summed E-state index contributed by atoms with van der Waals surface area (Å²) in [5.74, 6) is 7.84. The molecule has 1 saturated heterocycles. The van der Waals surface area contributed by atoms with E-state index in [1.54, 1.807) is 20.3 Å². The number of nitrogens with zero attached hydrogens (tertiary/aromatic N) is 5. The van der Waals surface area contributed by atoms with E-state index in [-0.39, 0.29) is 30.1 Å². The highest BCUT2D eigenvalue weighted by Crippen LogP contribution is 2.28. The fourth-order valence-corrected chi connectivity index (χ4v) is 4.39. The number of likely N-dealkylation sites (N-methyl/N-ethyl adjacent to an activating group) is 1. The van der Waals surface area contributed by atoms with Gasteiger partial charge in [0.15, 0.2) is 0 Å². The van der Waals surface area contributed by atoms with Gasteiger partial charge in [-0.25, -0.2) is 5.01 Å². The van der Waals surface area contributed by atoms with Crippen molar-refractivity contribution in [3.05, 3.63) is 35.6 Å². The molecule has 0 aromatic carbocycles. The van der Waals surface area contributed by atoms with E-state index < -0.39 is 0 Å². The summed E-state index contributed by atoms with van der Waals surface area (Å²) >= 11 is 0. The van der Waals surface area contributed by atoms with Crippen LogP contribution >= 0.6 is 0 Å². The van der Waals surface area contributed by atoms with Crippen LogP contribution in [-0.4, -0.2) is 104 Å². The minimum Gasteiger partial charge on any atom is -0.497 e. The van der Waals surface area contributed by atoms with Crippen molar-refractivity contribution in [1.82, 2.24) is 20.1 Å². The van der Waals surface area contributed by atoms with Crippen molar-refractivity contribution in [2.24, 2.45) is 21.7 Å². The summed E-state index contributed by atoms with van der Waals surface area (Å²) in [7, 11) is 5.35. The van der Waals surface area contributed by atoms with Crippen molar-refractivity contribution in [3.8, 4) is 11.8 Å². The van der Waals surface area contributed by atoms with E-state index in [0.717, 1.165) is 23.7 Å². The summed E-state index contributed by atoms with van der Waals surface area (Å²) in [6.45, 7) is 6.61. The maximum absolute atomic E-state index is 12.6. The monoisotopic (exact) mass is 495 g/mol. The number of likely N-dealkylation sites (tertiary alicyclic amines) is 1. The Hall–Kier alpha value is -2.97. The van der Waals surface area contributed by atoms with Gasteiger partial charge in [0.1, 0.15) is 17.3 Å². The molecule has 3 heterocycles. The minimum atomic E-state index is -0.323. The van der Waals surface area contributed by atoms with Gasteiger partial charge in [-0.2, -0.15) is 5.10 Å². The molecule has 4 aliphatic rings. The molecule has 4 rings (SSSR count). The standard InChI is InChI=1S/C26H37N7O3/c1-17(2)31(3)10-6-7-23(34)32-14-19(15-32)33-26-24(25(27)28-16-29-26)22(30-33)9-8-18-11-20(35-4)13-21(12-18)36-5/h6-7,11,13,17,19,21,24-25,28H,10,12,14-16,27H2,1-5H3/b7-6+. The van der Waals surface area contributed by atoms with Crippen LogP contribution in [0.4, 0.5) is 0 Å². The number of nitrogens with two attached hydrogens (primary N) is 1. The first-order chi connectivity index (χ1) is 17.3. The number of carbonyl (C=O) groups excluding carboxylic acids is 1. The largest absolute Gasteiger partial charge is 0.497 e. The number of methoxy groups -OCH3 is 2. The van der Waals surface area contributed by atoms with Crippen molar-refractivity contribution >= 4 is 17.5 Å². The first-order valence-electron chi connectivity index (χ1n) is 12.4. The lowest BCUT2D eigenvalue weighted by Gasteiger charge is -2.43. The Balaban J connectivity index is 1.44. The Morgan fingerprint density at radius 2 is 2.14 bits per heavy atom. The number of allylic oxidation sites excluding steroid dienone is 1. The van der Waals surface area contributed by atoms with Gasteiger partial charge in [-0.05, 0) is 39.0 Å². The van der Waals surface area contributed by atoms with E-state index in [2.05, 4.69) is 40.9 Å². The maximum Gasteiger partial charge on any atom is 0.246 e. The Labute approximate surface area is 213 Å². The van der Waals surface area contributed by atoms with Crippen LogP contribution in [0.2, 0.25) is 0 Å². The lowest BCUT2D eigenvalue weighted by molar-refractivity contribution is -0.132. The average molecular weight is 496 g/mol. The van der Waals surface area contributed by atoms with Gasteiger partial charge in [-0.3, -0.25) is 15.1 Å². The van der Waals surface area contributed by atoms with Crippen LogP contribution in [0.5, 0.6) is 0 Å². The van der Waals surface area contributed by atoms with Crippen LogP contribution in [0.1, 0.15) is 20.3 Å². The van der Waals surface area contributed by atoms with E-state index in [0.29, 0.717) is 37.9 Å². The van der Waals surface area contributed by atoms with Crippen LogP contribution in [0.15, 0.2) is 45.7 Å². The van der Waals surface area contributed by atoms with Crippen molar-refractivity contribution in [2.75, 3.05) is 47.6 Å². The molecule has 1 aliphatic carbocycles. The molecule has 0 spiro atoms. The van der Waals surface area contributed by atoms with E-state index >= 15 is 0 Å². The number of hydrogen-bond acceptors (Lipinski definition) is 9. The summed E-state index contributed by atoms with van der Waals surface area (Å²) in [6.07, 6.45) is 7.71. The molecule has 0 saturated carbocycles. The van der Waals surface area contributed by atoms with Crippen LogP contribution in [0, 0.1) is 17.8 Å². The minimum absolute atomic E-state index is 0.0195. The second-order valence-electron chi connectivity index (χ2n) is 9.72. The third kappa shape index (κ3) is 5.71. The second kappa shape index (κ2) is 11.4. The number of aliphatic imine (C=N–C) groups is 1. The highest BCUT2D eigenvalue weighted by molar-refractivity contribution is 6.18. The van der Waals surface area contributed by atoms with Gasteiger partial charge >= 0.3 is 0 Å². The van der Waals surface area contributed by atoms with Crippen LogP contribution in [-0.2, 0) is 14.3 Å². The molecular weight excluding hydrogens is 458 g/mol. The molecule has 0 aromatic heterocycles. The van der Waals surface area contributed by atoms with E-state index in [1.165, 1.54) is 0 Å². The van der Waals surface area contributed by atoms with Crippen molar-refractivity contribution in [1.29, 1.82) is 0 Å². The molecule has 0 aromatic rings. The maximum atomic E-state index is 12.6. The average Bonchev–Trinajstić information content (AvgIpc) is 3.20. The normalized spacial score (nSPS) is 26.2. The van der Waals surface area contributed by atoms with Crippen LogP contribution in [0.3, 0.4) is 0 Å². The molecule has 3 atom stereocenters. The summed E-state index contributed by atoms with van der Waals surface area (Å²) < 4.78 is 10.9.